The molecule has 5 heteroatoms. The number of aromatic nitrogens is 1. The van der Waals surface area contributed by atoms with Crippen LogP contribution in [-0.4, -0.2) is 4.98 Å². The first-order chi connectivity index (χ1) is 8.60. The van der Waals surface area contributed by atoms with Crippen molar-refractivity contribution in [1.29, 1.82) is 0 Å². The third kappa shape index (κ3) is 2.85. The Morgan fingerprint density at radius 3 is 2.78 bits per heavy atom. The maximum atomic E-state index is 13.6. The summed E-state index contributed by atoms with van der Waals surface area (Å²) in [4.78, 5) is 5.20. The van der Waals surface area contributed by atoms with Crippen LogP contribution in [0.15, 0.2) is 18.2 Å². The maximum Gasteiger partial charge on any atom is 0.180 e. The van der Waals surface area contributed by atoms with Gasteiger partial charge >= 0.3 is 0 Å². The van der Waals surface area contributed by atoms with Crippen molar-refractivity contribution < 1.29 is 8.78 Å². The van der Waals surface area contributed by atoms with E-state index in [1.807, 2.05) is 0 Å². The minimum Gasteiger partial charge on any atom is -0.375 e. The molecule has 1 aromatic heterocycles. The zero-order chi connectivity index (χ0) is 13.1. The van der Waals surface area contributed by atoms with Crippen LogP contribution in [0.5, 0.6) is 0 Å². The lowest BCUT2D eigenvalue weighted by Gasteiger charge is -2.03. The predicted molar refractivity (Wildman–Crippen MR) is 69.7 cm³/mol. The molecule has 2 nitrogen and oxygen atoms in total. The summed E-state index contributed by atoms with van der Waals surface area (Å²) in [7, 11) is 0. The van der Waals surface area contributed by atoms with Crippen molar-refractivity contribution in [2.75, 3.05) is 5.73 Å². The Bertz CT molecular complexity index is 552. The third-order valence-corrected chi connectivity index (χ3v) is 3.57. The van der Waals surface area contributed by atoms with Gasteiger partial charge in [0.25, 0.3) is 0 Å². The van der Waals surface area contributed by atoms with Gasteiger partial charge in [0, 0.05) is 17.4 Å². The summed E-state index contributed by atoms with van der Waals surface area (Å²) in [5.41, 5.74) is 7.07. The molecule has 96 valence electrons. The summed E-state index contributed by atoms with van der Waals surface area (Å²) in [6.45, 7) is 2.05. The number of nitrogens with zero attached hydrogens (tertiary/aromatic N) is 1. The molecule has 0 aliphatic rings. The zero-order valence-electron chi connectivity index (χ0n) is 10.0. The fraction of sp³-hybridized carbons (Fsp3) is 0.308. The van der Waals surface area contributed by atoms with Gasteiger partial charge in [-0.3, -0.25) is 0 Å². The third-order valence-electron chi connectivity index (χ3n) is 2.65. The van der Waals surface area contributed by atoms with Gasteiger partial charge in [0.1, 0.15) is 11.6 Å². The quantitative estimate of drug-likeness (QED) is 0.921. The van der Waals surface area contributed by atoms with Gasteiger partial charge in [0.15, 0.2) is 5.13 Å². The molecule has 1 heterocycles. The lowest BCUT2D eigenvalue weighted by atomic mass is 10.1. The van der Waals surface area contributed by atoms with Crippen molar-refractivity contribution in [2.24, 2.45) is 0 Å². The summed E-state index contributed by atoms with van der Waals surface area (Å²) in [5, 5.41) is 0.496. The van der Waals surface area contributed by atoms with Crippen LogP contribution in [0.1, 0.15) is 29.5 Å². The van der Waals surface area contributed by atoms with Crippen LogP contribution in [0.4, 0.5) is 13.9 Å². The molecule has 0 unspecified atom stereocenters. The first-order valence-corrected chi connectivity index (χ1v) is 6.59. The Kier molecular flexibility index (Phi) is 3.91. The fourth-order valence-corrected chi connectivity index (χ4v) is 2.71. The van der Waals surface area contributed by atoms with Gasteiger partial charge in [-0.15, -0.1) is 11.3 Å². The molecule has 0 aliphatic heterocycles. The van der Waals surface area contributed by atoms with Crippen LogP contribution in [0.25, 0.3) is 0 Å². The molecule has 0 fully saturated rings. The van der Waals surface area contributed by atoms with Gasteiger partial charge in [0.05, 0.1) is 5.69 Å². The number of nitrogen functional groups attached to an aromatic ring is 1. The van der Waals surface area contributed by atoms with Crippen LogP contribution in [0.3, 0.4) is 0 Å². The van der Waals surface area contributed by atoms with E-state index in [-0.39, 0.29) is 0 Å². The average Bonchev–Trinajstić information content (AvgIpc) is 2.64. The summed E-state index contributed by atoms with van der Waals surface area (Å²) in [6.07, 6.45) is 2.20. The molecule has 0 amide bonds. The smallest absolute Gasteiger partial charge is 0.180 e. The van der Waals surface area contributed by atoms with E-state index in [1.165, 1.54) is 23.5 Å². The molecular formula is C13H14F2N2S. The molecule has 18 heavy (non-hydrogen) atoms. The first kappa shape index (κ1) is 13.0. The lowest BCUT2D eigenvalue weighted by molar-refractivity contribution is 0.574. The second kappa shape index (κ2) is 5.44. The average molecular weight is 268 g/mol. The van der Waals surface area contributed by atoms with Crippen LogP contribution < -0.4 is 5.73 Å². The van der Waals surface area contributed by atoms with Gasteiger partial charge in [0.2, 0.25) is 0 Å². The Morgan fingerprint density at radius 1 is 1.33 bits per heavy atom. The minimum absolute atomic E-state index is 0.413. The molecule has 2 aromatic rings. The van der Waals surface area contributed by atoms with Crippen molar-refractivity contribution >= 4 is 16.5 Å². The van der Waals surface area contributed by atoms with Crippen molar-refractivity contribution in [2.45, 2.75) is 26.2 Å². The molecule has 2 N–H and O–H groups in total. The summed E-state index contributed by atoms with van der Waals surface area (Å²) in [6, 6.07) is 3.64. The van der Waals surface area contributed by atoms with Gasteiger partial charge in [-0.05, 0) is 18.1 Å². The monoisotopic (exact) mass is 268 g/mol. The molecule has 1 aromatic carbocycles. The number of halogens is 2. The van der Waals surface area contributed by atoms with E-state index in [9.17, 15) is 8.78 Å². The van der Waals surface area contributed by atoms with E-state index in [2.05, 4.69) is 11.9 Å². The zero-order valence-corrected chi connectivity index (χ0v) is 10.9. The maximum absolute atomic E-state index is 13.6. The van der Waals surface area contributed by atoms with Gasteiger partial charge in [-0.2, -0.15) is 0 Å². The Labute approximate surface area is 108 Å². The number of benzene rings is 1. The number of hydrogen-bond donors (Lipinski definition) is 1. The second-order valence-electron chi connectivity index (χ2n) is 4.08. The van der Waals surface area contributed by atoms with Crippen molar-refractivity contribution in [1.82, 2.24) is 4.98 Å². The topological polar surface area (TPSA) is 38.9 Å². The number of rotatable bonds is 4. The number of hydrogen-bond acceptors (Lipinski definition) is 3. The second-order valence-corrected chi connectivity index (χ2v) is 5.20. The number of nitrogens with two attached hydrogens (primary N) is 1. The Hall–Kier alpha value is -1.49. The molecule has 0 radical (unpaired) electrons. The number of aryl methyl sites for hydroxylation is 1. The predicted octanol–water partition coefficient (Wildman–Crippen LogP) is 3.55. The van der Waals surface area contributed by atoms with Crippen LogP contribution >= 0.6 is 11.3 Å². The summed E-state index contributed by atoms with van der Waals surface area (Å²) in [5.74, 6) is -1.08. The molecule has 0 aliphatic carbocycles. The molecule has 0 saturated carbocycles. The summed E-state index contributed by atoms with van der Waals surface area (Å²) >= 11 is 1.37. The van der Waals surface area contributed by atoms with E-state index in [0.717, 1.165) is 29.5 Å². The molecule has 0 bridgehead atoms. The Balaban J connectivity index is 2.27. The van der Waals surface area contributed by atoms with Crippen molar-refractivity contribution in [3.63, 3.8) is 0 Å². The number of thiazole rings is 1. The summed E-state index contributed by atoms with van der Waals surface area (Å²) < 4.78 is 26.4. The molecule has 2 rings (SSSR count). The van der Waals surface area contributed by atoms with Crippen molar-refractivity contribution in [3.8, 4) is 0 Å². The largest absolute Gasteiger partial charge is 0.375 e. The van der Waals surface area contributed by atoms with Crippen LogP contribution in [0, 0.1) is 11.6 Å². The highest BCUT2D eigenvalue weighted by molar-refractivity contribution is 7.15. The molecule has 0 spiro atoms. The Morgan fingerprint density at radius 2 is 2.11 bits per heavy atom. The highest BCUT2D eigenvalue weighted by Crippen LogP contribution is 2.25. The van der Waals surface area contributed by atoms with Crippen molar-refractivity contribution in [3.05, 3.63) is 46.0 Å². The van der Waals surface area contributed by atoms with E-state index in [0.29, 0.717) is 17.1 Å². The van der Waals surface area contributed by atoms with E-state index < -0.39 is 11.6 Å². The highest BCUT2D eigenvalue weighted by atomic mass is 32.1. The fourth-order valence-electron chi connectivity index (χ4n) is 1.81. The van der Waals surface area contributed by atoms with Gasteiger partial charge in [-0.25, -0.2) is 13.8 Å². The SMILES string of the molecule is CCCc1nc(N)sc1Cc1ccc(F)cc1F. The highest BCUT2D eigenvalue weighted by Gasteiger charge is 2.12. The van der Waals surface area contributed by atoms with Crippen LogP contribution in [-0.2, 0) is 12.8 Å². The first-order valence-electron chi connectivity index (χ1n) is 5.78. The lowest BCUT2D eigenvalue weighted by Crippen LogP contribution is -1.96. The number of anilines is 1. The van der Waals surface area contributed by atoms with Crippen LogP contribution in [0.2, 0.25) is 0 Å². The minimum atomic E-state index is -0.561. The molecule has 0 atom stereocenters. The van der Waals surface area contributed by atoms with E-state index in [1.54, 1.807) is 0 Å². The van der Waals surface area contributed by atoms with E-state index >= 15 is 0 Å². The normalized spacial score (nSPS) is 10.8. The molecular weight excluding hydrogens is 254 g/mol. The molecule has 0 saturated heterocycles. The van der Waals surface area contributed by atoms with E-state index in [4.69, 9.17) is 5.73 Å². The van der Waals surface area contributed by atoms with Gasteiger partial charge < -0.3 is 5.73 Å². The van der Waals surface area contributed by atoms with Gasteiger partial charge in [-0.1, -0.05) is 19.4 Å². The standard InChI is InChI=1S/C13H14F2N2S/c1-2-3-11-12(18-13(16)17-11)6-8-4-5-9(14)7-10(8)15/h4-5,7H,2-3,6H2,1H3,(H2,16,17).